The molecule has 1 aromatic carbocycles. The van der Waals surface area contributed by atoms with E-state index in [1.807, 2.05) is 45.8 Å². The van der Waals surface area contributed by atoms with E-state index in [0.717, 1.165) is 29.9 Å². The van der Waals surface area contributed by atoms with Gasteiger partial charge in [-0.3, -0.25) is 14.0 Å². The molecule has 0 spiro atoms. The van der Waals surface area contributed by atoms with E-state index in [9.17, 15) is 9.59 Å². The summed E-state index contributed by atoms with van der Waals surface area (Å²) in [7, 11) is 0. The number of fused-ring (bicyclic) bond motifs is 1. The Labute approximate surface area is 173 Å². The van der Waals surface area contributed by atoms with Gasteiger partial charge in [-0.25, -0.2) is 0 Å². The van der Waals surface area contributed by atoms with Crippen molar-refractivity contribution in [2.75, 3.05) is 6.54 Å². The Balaban J connectivity index is 1.56. The standard InChI is InChI=1S/C21H22ClN5O2/c1-14(28)23-17(15-7-9-16(22)10-8-15)13-20(29)26-12-4-5-18(26)21-25-24-19-6-2-3-11-27(19)21/h2-3,6-11,17-18H,4-5,12-13H2,1H3,(H,23,28)/t17-,18+/m0/s1. The fourth-order valence-electron chi connectivity index (χ4n) is 3.91. The van der Waals surface area contributed by atoms with Crippen LogP contribution in [-0.2, 0) is 9.59 Å². The number of nitrogens with zero attached hydrogens (tertiary/aromatic N) is 4. The van der Waals surface area contributed by atoms with Crippen LogP contribution in [0.4, 0.5) is 0 Å². The molecule has 8 heteroatoms. The van der Waals surface area contributed by atoms with Gasteiger partial charge >= 0.3 is 0 Å². The van der Waals surface area contributed by atoms with Crippen LogP contribution in [0.3, 0.4) is 0 Å². The van der Waals surface area contributed by atoms with Gasteiger partial charge in [0.15, 0.2) is 11.5 Å². The minimum atomic E-state index is -0.409. The quantitative estimate of drug-likeness (QED) is 0.698. The van der Waals surface area contributed by atoms with Crippen LogP contribution in [0.2, 0.25) is 5.02 Å². The molecule has 1 aliphatic rings. The lowest BCUT2D eigenvalue weighted by molar-refractivity contribution is -0.133. The van der Waals surface area contributed by atoms with Gasteiger partial charge in [-0.2, -0.15) is 0 Å². The number of pyridine rings is 1. The number of rotatable bonds is 5. The van der Waals surface area contributed by atoms with Crippen LogP contribution in [-0.4, -0.2) is 37.9 Å². The summed E-state index contributed by atoms with van der Waals surface area (Å²) in [5, 5.41) is 12.1. The molecular weight excluding hydrogens is 390 g/mol. The second-order valence-electron chi connectivity index (χ2n) is 7.24. The molecule has 3 aromatic rings. The van der Waals surface area contributed by atoms with Crippen molar-refractivity contribution >= 4 is 29.1 Å². The smallest absolute Gasteiger partial charge is 0.225 e. The summed E-state index contributed by atoms with van der Waals surface area (Å²) in [5.74, 6) is 0.571. The number of aromatic nitrogens is 3. The predicted molar refractivity (Wildman–Crippen MR) is 109 cm³/mol. The van der Waals surface area contributed by atoms with Crippen molar-refractivity contribution in [3.8, 4) is 0 Å². The van der Waals surface area contributed by atoms with Crippen LogP contribution in [0.15, 0.2) is 48.7 Å². The van der Waals surface area contributed by atoms with E-state index in [-0.39, 0.29) is 24.3 Å². The van der Waals surface area contributed by atoms with Crippen molar-refractivity contribution in [1.29, 1.82) is 0 Å². The van der Waals surface area contributed by atoms with E-state index in [2.05, 4.69) is 15.5 Å². The number of halogens is 1. The summed E-state index contributed by atoms with van der Waals surface area (Å²) in [4.78, 5) is 26.8. The molecule has 1 saturated heterocycles. The van der Waals surface area contributed by atoms with E-state index in [1.54, 1.807) is 12.1 Å². The highest BCUT2D eigenvalue weighted by Gasteiger charge is 2.34. The lowest BCUT2D eigenvalue weighted by atomic mass is 10.0. The first-order chi connectivity index (χ1) is 14.0. The molecule has 2 amide bonds. The topological polar surface area (TPSA) is 79.6 Å². The van der Waals surface area contributed by atoms with Gasteiger partial charge in [0.2, 0.25) is 11.8 Å². The average molecular weight is 412 g/mol. The van der Waals surface area contributed by atoms with Crippen molar-refractivity contribution in [3.05, 3.63) is 65.1 Å². The molecule has 0 radical (unpaired) electrons. The number of hydrogen-bond donors (Lipinski definition) is 1. The second-order valence-corrected chi connectivity index (χ2v) is 7.68. The van der Waals surface area contributed by atoms with E-state index in [1.165, 1.54) is 6.92 Å². The molecule has 0 unspecified atom stereocenters. The molecular formula is C21H22ClN5O2. The van der Waals surface area contributed by atoms with Crippen LogP contribution < -0.4 is 5.32 Å². The summed E-state index contributed by atoms with van der Waals surface area (Å²) in [6.45, 7) is 2.12. The first-order valence-corrected chi connectivity index (χ1v) is 10.0. The number of carbonyl (C=O) groups excluding carboxylic acids is 2. The number of hydrogen-bond acceptors (Lipinski definition) is 4. The minimum Gasteiger partial charge on any atom is -0.349 e. The summed E-state index contributed by atoms with van der Waals surface area (Å²) in [6, 6.07) is 12.4. The van der Waals surface area contributed by atoms with Crippen molar-refractivity contribution in [2.45, 2.75) is 38.3 Å². The van der Waals surface area contributed by atoms with Gasteiger partial charge in [0, 0.05) is 24.7 Å². The Morgan fingerprint density at radius 1 is 1.21 bits per heavy atom. The van der Waals surface area contributed by atoms with Gasteiger partial charge in [0.25, 0.3) is 0 Å². The molecule has 3 heterocycles. The average Bonchev–Trinajstić information content (AvgIpc) is 3.34. The Kier molecular flexibility index (Phi) is 5.49. The number of likely N-dealkylation sites (tertiary alicyclic amines) is 1. The molecule has 1 N–H and O–H groups in total. The first-order valence-electron chi connectivity index (χ1n) is 9.64. The molecule has 2 aromatic heterocycles. The maximum Gasteiger partial charge on any atom is 0.225 e. The zero-order valence-electron chi connectivity index (χ0n) is 16.1. The molecule has 1 aliphatic heterocycles. The van der Waals surface area contributed by atoms with Gasteiger partial charge < -0.3 is 10.2 Å². The Morgan fingerprint density at radius 2 is 2.00 bits per heavy atom. The summed E-state index contributed by atoms with van der Waals surface area (Å²) >= 11 is 5.98. The van der Waals surface area contributed by atoms with E-state index in [4.69, 9.17) is 11.6 Å². The summed E-state index contributed by atoms with van der Waals surface area (Å²) < 4.78 is 1.93. The highest BCUT2D eigenvalue weighted by atomic mass is 35.5. The van der Waals surface area contributed by atoms with E-state index < -0.39 is 6.04 Å². The third-order valence-corrected chi connectivity index (χ3v) is 5.49. The summed E-state index contributed by atoms with van der Waals surface area (Å²) in [5.41, 5.74) is 1.61. The Hall–Kier alpha value is -2.93. The molecule has 0 bridgehead atoms. The summed E-state index contributed by atoms with van der Waals surface area (Å²) in [6.07, 6.45) is 3.84. The van der Waals surface area contributed by atoms with Crippen LogP contribution in [0, 0.1) is 0 Å². The largest absolute Gasteiger partial charge is 0.349 e. The monoisotopic (exact) mass is 411 g/mol. The van der Waals surface area contributed by atoms with Gasteiger partial charge in [0.05, 0.1) is 18.5 Å². The van der Waals surface area contributed by atoms with Crippen LogP contribution >= 0.6 is 11.6 Å². The number of nitrogens with one attached hydrogen (secondary N) is 1. The number of amides is 2. The predicted octanol–water partition coefficient (Wildman–Crippen LogP) is 3.31. The maximum absolute atomic E-state index is 13.2. The minimum absolute atomic E-state index is 0.0196. The second kappa shape index (κ2) is 8.21. The van der Waals surface area contributed by atoms with Gasteiger partial charge in [-0.1, -0.05) is 29.8 Å². The highest BCUT2D eigenvalue weighted by molar-refractivity contribution is 6.30. The normalized spacial score (nSPS) is 17.4. The van der Waals surface area contributed by atoms with Gasteiger partial charge in [0.1, 0.15) is 0 Å². The van der Waals surface area contributed by atoms with Gasteiger partial charge in [-0.05, 0) is 42.7 Å². The van der Waals surface area contributed by atoms with Crippen molar-refractivity contribution in [3.63, 3.8) is 0 Å². The van der Waals surface area contributed by atoms with Crippen molar-refractivity contribution < 1.29 is 9.59 Å². The van der Waals surface area contributed by atoms with Crippen LogP contribution in [0.5, 0.6) is 0 Å². The third-order valence-electron chi connectivity index (χ3n) is 5.24. The highest BCUT2D eigenvalue weighted by Crippen LogP contribution is 2.33. The first kappa shape index (κ1) is 19.4. The van der Waals surface area contributed by atoms with E-state index >= 15 is 0 Å². The molecule has 2 atom stereocenters. The molecule has 0 aliphatic carbocycles. The van der Waals surface area contributed by atoms with Gasteiger partial charge in [-0.15, -0.1) is 10.2 Å². The Bertz CT molecular complexity index is 1030. The fourth-order valence-corrected chi connectivity index (χ4v) is 4.03. The van der Waals surface area contributed by atoms with E-state index in [0.29, 0.717) is 11.6 Å². The molecule has 1 fully saturated rings. The molecule has 4 rings (SSSR count). The lowest BCUT2D eigenvalue weighted by Crippen LogP contribution is -2.36. The third kappa shape index (κ3) is 4.10. The van der Waals surface area contributed by atoms with Crippen molar-refractivity contribution in [1.82, 2.24) is 24.8 Å². The number of benzene rings is 1. The number of carbonyl (C=O) groups is 2. The Morgan fingerprint density at radius 3 is 2.76 bits per heavy atom. The molecule has 150 valence electrons. The van der Waals surface area contributed by atoms with Crippen molar-refractivity contribution in [2.24, 2.45) is 0 Å². The zero-order chi connectivity index (χ0) is 20.4. The maximum atomic E-state index is 13.2. The lowest BCUT2D eigenvalue weighted by Gasteiger charge is -2.26. The van der Waals surface area contributed by atoms with Crippen LogP contribution in [0.25, 0.3) is 5.65 Å². The molecule has 29 heavy (non-hydrogen) atoms. The SMILES string of the molecule is CC(=O)N[C@@H](CC(=O)N1CCC[C@@H]1c1nnc2ccccn12)c1ccc(Cl)cc1. The molecule has 7 nitrogen and oxygen atoms in total. The zero-order valence-corrected chi connectivity index (χ0v) is 16.8. The molecule has 0 saturated carbocycles. The van der Waals surface area contributed by atoms with Crippen LogP contribution in [0.1, 0.15) is 49.7 Å². The fraction of sp³-hybridized carbons (Fsp3) is 0.333.